The highest BCUT2D eigenvalue weighted by Gasteiger charge is 2.25. The topological polar surface area (TPSA) is 33.2 Å². The number of thiazole rings is 1. The van der Waals surface area contributed by atoms with Crippen LogP contribution in [0.25, 0.3) is 10.4 Å². The smallest absolute Gasteiger partial charge is 0.273 e. The first-order chi connectivity index (χ1) is 9.75. The third-order valence-corrected chi connectivity index (χ3v) is 4.75. The maximum atomic E-state index is 12.6. The second-order valence-corrected chi connectivity index (χ2v) is 6.23. The fraction of sp³-hybridized carbons (Fsp3) is 0.375. The average molecular weight is 286 g/mol. The number of carbonyl (C=O) groups is 1. The minimum absolute atomic E-state index is 0.0806. The number of likely N-dealkylation sites (tertiary alicyclic amines) is 1. The molecule has 1 amide bonds. The molecule has 1 aromatic carbocycles. The van der Waals surface area contributed by atoms with Crippen LogP contribution < -0.4 is 0 Å². The molecule has 1 fully saturated rings. The Balaban J connectivity index is 1.85. The summed E-state index contributed by atoms with van der Waals surface area (Å²) in [6, 6.07) is 10.0. The van der Waals surface area contributed by atoms with Crippen molar-refractivity contribution in [2.75, 3.05) is 13.1 Å². The Morgan fingerprint density at radius 2 is 1.95 bits per heavy atom. The fourth-order valence-corrected chi connectivity index (χ4v) is 3.34. The highest BCUT2D eigenvalue weighted by Crippen LogP contribution is 2.29. The Morgan fingerprint density at radius 1 is 1.25 bits per heavy atom. The van der Waals surface area contributed by atoms with E-state index in [9.17, 15) is 4.79 Å². The van der Waals surface area contributed by atoms with Gasteiger partial charge >= 0.3 is 0 Å². The normalized spacial score (nSPS) is 16.4. The Bertz CT molecular complexity index is 586. The van der Waals surface area contributed by atoms with Crippen LogP contribution in [0.1, 0.15) is 30.3 Å². The molecule has 1 aliphatic heterocycles. The summed E-state index contributed by atoms with van der Waals surface area (Å²) < 4.78 is 0. The van der Waals surface area contributed by atoms with Gasteiger partial charge in [0.2, 0.25) is 0 Å². The molecule has 0 aliphatic carbocycles. The molecule has 4 heteroatoms. The Labute approximate surface area is 123 Å². The van der Waals surface area contributed by atoms with Crippen molar-refractivity contribution in [1.82, 2.24) is 9.88 Å². The number of rotatable bonds is 2. The van der Waals surface area contributed by atoms with E-state index in [1.807, 2.05) is 35.2 Å². The molecule has 2 aromatic rings. The minimum atomic E-state index is 0.0806. The van der Waals surface area contributed by atoms with Crippen molar-refractivity contribution in [2.45, 2.75) is 19.8 Å². The van der Waals surface area contributed by atoms with Gasteiger partial charge in [0.05, 0.1) is 10.4 Å². The zero-order chi connectivity index (χ0) is 13.9. The molecule has 104 valence electrons. The largest absolute Gasteiger partial charge is 0.337 e. The minimum Gasteiger partial charge on any atom is -0.337 e. The van der Waals surface area contributed by atoms with Crippen LogP contribution in [0, 0.1) is 5.92 Å². The predicted molar refractivity (Wildman–Crippen MR) is 81.9 cm³/mol. The summed E-state index contributed by atoms with van der Waals surface area (Å²) in [6.45, 7) is 3.96. The van der Waals surface area contributed by atoms with E-state index in [2.05, 4.69) is 11.9 Å². The summed E-state index contributed by atoms with van der Waals surface area (Å²) in [5.41, 5.74) is 3.45. The standard InChI is InChI=1S/C16H18N2OS/c1-12-7-9-18(10-8-12)16(19)14-15(20-11-17-14)13-5-3-2-4-6-13/h2-6,11-12H,7-10H2,1H3. The van der Waals surface area contributed by atoms with Crippen molar-refractivity contribution in [3.63, 3.8) is 0 Å². The van der Waals surface area contributed by atoms with E-state index < -0.39 is 0 Å². The summed E-state index contributed by atoms with van der Waals surface area (Å²) in [4.78, 5) is 19.9. The summed E-state index contributed by atoms with van der Waals surface area (Å²) in [6.07, 6.45) is 2.19. The zero-order valence-electron chi connectivity index (χ0n) is 11.6. The van der Waals surface area contributed by atoms with Crippen LogP contribution in [0.3, 0.4) is 0 Å². The van der Waals surface area contributed by atoms with Crippen LogP contribution in [-0.4, -0.2) is 28.9 Å². The Morgan fingerprint density at radius 3 is 2.65 bits per heavy atom. The maximum Gasteiger partial charge on any atom is 0.273 e. The van der Waals surface area contributed by atoms with Gasteiger partial charge < -0.3 is 4.90 Å². The molecular weight excluding hydrogens is 268 g/mol. The number of amides is 1. The molecule has 1 aliphatic rings. The van der Waals surface area contributed by atoms with Crippen LogP contribution >= 0.6 is 11.3 Å². The lowest BCUT2D eigenvalue weighted by Gasteiger charge is -2.30. The molecule has 3 rings (SSSR count). The molecular formula is C16H18N2OS. The van der Waals surface area contributed by atoms with Crippen molar-refractivity contribution < 1.29 is 4.79 Å². The second kappa shape index (κ2) is 5.75. The lowest BCUT2D eigenvalue weighted by Crippen LogP contribution is -2.38. The molecule has 0 unspecified atom stereocenters. The van der Waals surface area contributed by atoms with Gasteiger partial charge in [0.1, 0.15) is 5.69 Å². The number of hydrogen-bond acceptors (Lipinski definition) is 3. The van der Waals surface area contributed by atoms with Crippen LogP contribution in [0.5, 0.6) is 0 Å². The van der Waals surface area contributed by atoms with Gasteiger partial charge in [-0.15, -0.1) is 11.3 Å². The van der Waals surface area contributed by atoms with Gasteiger partial charge in [0.15, 0.2) is 0 Å². The molecule has 0 spiro atoms. The Hall–Kier alpha value is -1.68. The van der Waals surface area contributed by atoms with Crippen LogP contribution in [-0.2, 0) is 0 Å². The van der Waals surface area contributed by atoms with Gasteiger partial charge in [0.25, 0.3) is 5.91 Å². The summed E-state index contributed by atoms with van der Waals surface area (Å²) in [7, 11) is 0. The monoisotopic (exact) mass is 286 g/mol. The van der Waals surface area contributed by atoms with E-state index in [4.69, 9.17) is 0 Å². The molecule has 0 atom stereocenters. The zero-order valence-corrected chi connectivity index (χ0v) is 12.4. The molecule has 20 heavy (non-hydrogen) atoms. The molecule has 1 saturated heterocycles. The molecule has 0 saturated carbocycles. The molecule has 0 N–H and O–H groups in total. The number of benzene rings is 1. The van der Waals surface area contributed by atoms with Crippen LogP contribution in [0.4, 0.5) is 0 Å². The number of piperidine rings is 1. The van der Waals surface area contributed by atoms with E-state index in [0.717, 1.165) is 42.3 Å². The summed E-state index contributed by atoms with van der Waals surface area (Å²) in [5.74, 6) is 0.806. The lowest BCUT2D eigenvalue weighted by molar-refractivity contribution is 0.0693. The van der Waals surface area contributed by atoms with Gasteiger partial charge in [-0.3, -0.25) is 4.79 Å². The third-order valence-electron chi connectivity index (χ3n) is 3.88. The van der Waals surface area contributed by atoms with Gasteiger partial charge in [-0.05, 0) is 24.3 Å². The quantitative estimate of drug-likeness (QED) is 0.843. The molecule has 1 aromatic heterocycles. The van der Waals surface area contributed by atoms with Crippen LogP contribution in [0.15, 0.2) is 35.8 Å². The van der Waals surface area contributed by atoms with Gasteiger partial charge in [-0.25, -0.2) is 4.98 Å². The molecule has 2 heterocycles. The van der Waals surface area contributed by atoms with Crippen molar-refractivity contribution in [1.29, 1.82) is 0 Å². The molecule has 3 nitrogen and oxygen atoms in total. The first kappa shape index (κ1) is 13.3. The van der Waals surface area contributed by atoms with Crippen molar-refractivity contribution in [3.05, 3.63) is 41.5 Å². The average Bonchev–Trinajstić information content (AvgIpc) is 2.97. The SMILES string of the molecule is CC1CCN(C(=O)c2ncsc2-c2ccccc2)CC1. The Kier molecular flexibility index (Phi) is 3.83. The van der Waals surface area contributed by atoms with Gasteiger partial charge in [0, 0.05) is 13.1 Å². The van der Waals surface area contributed by atoms with Crippen molar-refractivity contribution in [2.24, 2.45) is 5.92 Å². The number of nitrogens with zero attached hydrogens (tertiary/aromatic N) is 2. The van der Waals surface area contributed by atoms with Crippen molar-refractivity contribution >= 4 is 17.2 Å². The van der Waals surface area contributed by atoms with E-state index in [1.165, 1.54) is 11.3 Å². The molecule has 0 radical (unpaired) electrons. The predicted octanol–water partition coefficient (Wildman–Crippen LogP) is 3.68. The van der Waals surface area contributed by atoms with Gasteiger partial charge in [-0.1, -0.05) is 37.3 Å². The third kappa shape index (κ3) is 2.61. The van der Waals surface area contributed by atoms with Crippen LogP contribution in [0.2, 0.25) is 0 Å². The van der Waals surface area contributed by atoms with E-state index in [1.54, 1.807) is 5.51 Å². The first-order valence-electron chi connectivity index (χ1n) is 7.04. The van der Waals surface area contributed by atoms with E-state index in [-0.39, 0.29) is 5.91 Å². The number of aromatic nitrogens is 1. The highest BCUT2D eigenvalue weighted by molar-refractivity contribution is 7.13. The fourth-order valence-electron chi connectivity index (χ4n) is 2.55. The summed E-state index contributed by atoms with van der Waals surface area (Å²) >= 11 is 1.54. The van der Waals surface area contributed by atoms with E-state index in [0.29, 0.717) is 5.69 Å². The highest BCUT2D eigenvalue weighted by atomic mass is 32.1. The van der Waals surface area contributed by atoms with Gasteiger partial charge in [-0.2, -0.15) is 0 Å². The lowest BCUT2D eigenvalue weighted by atomic mass is 9.99. The maximum absolute atomic E-state index is 12.6. The van der Waals surface area contributed by atoms with Crippen molar-refractivity contribution in [3.8, 4) is 10.4 Å². The number of hydrogen-bond donors (Lipinski definition) is 0. The number of carbonyl (C=O) groups excluding carboxylic acids is 1. The second-order valence-electron chi connectivity index (χ2n) is 5.37. The summed E-state index contributed by atoms with van der Waals surface area (Å²) in [5, 5.41) is 0. The molecule has 0 bridgehead atoms. The first-order valence-corrected chi connectivity index (χ1v) is 7.92. The van der Waals surface area contributed by atoms with E-state index >= 15 is 0 Å².